The van der Waals surface area contributed by atoms with E-state index in [4.69, 9.17) is 17.3 Å². The van der Waals surface area contributed by atoms with Crippen molar-refractivity contribution < 1.29 is 230 Å². The molecule has 74 heavy (non-hydrogen) atoms. The molecule has 5 aromatic rings. The second kappa shape index (κ2) is 27.6. The first-order chi connectivity index (χ1) is 31.8. The van der Waals surface area contributed by atoms with E-state index < -0.39 is 144 Å². The molecular weight excluding hydrogens is 1180 g/mol. The number of fused-ring (bicyclic) bond motifs is 1. The Labute approximate surface area is 536 Å². The molecule has 366 valence electrons. The molecule has 4 aromatic carbocycles. The Morgan fingerprint density at radius 2 is 1.20 bits per heavy atom. The fourth-order valence-electron chi connectivity index (χ4n) is 5.75. The quantitative estimate of drug-likeness (QED) is 0.0168. The molecule has 1 heterocycles. The number of carbonyl (C=O) groups is 1. The van der Waals surface area contributed by atoms with E-state index in [9.17, 15) is 78.1 Å². The number of anilines is 6. The Hall–Kier alpha value is -1.48. The maximum atomic E-state index is 14.0. The molecule has 0 atom stereocenters. The first-order valence-electron chi connectivity index (χ1n) is 17.8. The third kappa shape index (κ3) is 18.6. The van der Waals surface area contributed by atoms with Crippen molar-refractivity contribution in [3.63, 3.8) is 0 Å². The van der Waals surface area contributed by atoms with Crippen LogP contribution in [0.4, 0.5) is 46.0 Å². The summed E-state index contributed by atoms with van der Waals surface area (Å²) in [6.07, 6.45) is 0.406. The minimum Gasteiger partial charge on any atom is -0.744 e. The standard InChI is InChI=1S/C33H27ClN10O19S6.5Na/c34-31-38-32(36-18-2-1-3-21(14-18)64(46,47)11-10-63-69(60,61)62)40-33(39-31)37-19-6-9-23(66(51,52)53)22(15-19)42-44-29-25(68(57,58)59)13-16-12-24(67(54,55)56)28(27(35)26(16)30(29)45)43-41-17-4-7-20(8-5-17)65(48,49)50;;;;;/h1-9,12-15,42H,10-11,35H2,(H,48,49,50)(H,51,52,53)(H,54,55,56)(H,57,58,59)(H,60,61,62)(H2,36,37,38,39,40);;;;;/q;5*+1/p-5/b43-41?,44-29+;;;;;. The van der Waals surface area contributed by atoms with E-state index in [0.29, 0.717) is 18.2 Å². The SMILES string of the molecule is Nc1c(N=Nc2ccc(S(=O)(=O)[O-])cc2)c(S(=O)(=O)[O-])cc2c1C(=O)/C(=N/Nc1cc(Nc3nc(Cl)nc(Nc4cccc(S(=O)(=O)CCOS(=O)(=O)[O-])c4)n3)ccc1S(=O)(=O)[O-])C(S(=O)(=O)[O-])=C2.[Na+].[Na+].[Na+].[Na+].[Na+]. The van der Waals surface area contributed by atoms with Crippen LogP contribution >= 0.6 is 11.6 Å². The fourth-order valence-corrected chi connectivity index (χ4v) is 9.82. The predicted molar refractivity (Wildman–Crippen MR) is 230 cm³/mol. The van der Waals surface area contributed by atoms with E-state index >= 15 is 0 Å². The van der Waals surface area contributed by atoms with Crippen LogP contribution < -0.4 is 170 Å². The normalized spacial score (nSPS) is 13.4. The van der Waals surface area contributed by atoms with E-state index in [-0.39, 0.29) is 176 Å². The third-order valence-corrected chi connectivity index (χ3v) is 14.4. The van der Waals surface area contributed by atoms with Crippen molar-refractivity contribution in [2.24, 2.45) is 15.3 Å². The Balaban J connectivity index is 0.00000548. The second-order valence-electron chi connectivity index (χ2n) is 13.3. The van der Waals surface area contributed by atoms with Crippen LogP contribution in [0.5, 0.6) is 0 Å². The molecule has 6 rings (SSSR count). The van der Waals surface area contributed by atoms with Gasteiger partial charge in [0, 0.05) is 11.4 Å². The zero-order valence-electron chi connectivity index (χ0n) is 38.3. The van der Waals surface area contributed by atoms with Gasteiger partial charge >= 0.3 is 148 Å². The molecule has 1 aliphatic rings. The number of benzene rings is 4. The molecule has 0 saturated heterocycles. The zero-order chi connectivity index (χ0) is 51.1. The van der Waals surface area contributed by atoms with Crippen molar-refractivity contribution in [2.45, 2.75) is 19.6 Å². The van der Waals surface area contributed by atoms with Gasteiger partial charge in [-0.15, -0.1) is 5.11 Å². The summed E-state index contributed by atoms with van der Waals surface area (Å²) in [7, 11) is -31.1. The molecule has 0 spiro atoms. The van der Waals surface area contributed by atoms with Gasteiger partial charge in [-0.3, -0.25) is 14.4 Å². The van der Waals surface area contributed by atoms with Crippen molar-refractivity contribution in [1.82, 2.24) is 15.0 Å². The summed E-state index contributed by atoms with van der Waals surface area (Å²) in [6.45, 7) is -0.973. The number of Topliss-reactive ketones (excluding diaryl/α,β-unsaturated/α-hetero) is 1. The summed E-state index contributed by atoms with van der Waals surface area (Å²) < 4.78 is 207. The minimum absolute atomic E-state index is 0. The summed E-state index contributed by atoms with van der Waals surface area (Å²) in [5.74, 6) is -3.23. The molecular formula is C33H22ClN10Na5O19S6. The summed E-state index contributed by atoms with van der Waals surface area (Å²) >= 11 is 6.07. The molecule has 0 saturated carbocycles. The van der Waals surface area contributed by atoms with Crippen molar-refractivity contribution in [3.05, 3.63) is 94.1 Å². The monoisotopic (exact) mass is 1200 g/mol. The number of nitrogens with zero attached hydrogens (tertiary/aromatic N) is 6. The van der Waals surface area contributed by atoms with Gasteiger partial charge in [0.25, 0.3) is 0 Å². The van der Waals surface area contributed by atoms with E-state index in [1.807, 2.05) is 5.43 Å². The molecule has 0 bridgehead atoms. The first kappa shape index (κ1) is 70.5. The van der Waals surface area contributed by atoms with Crippen LogP contribution in [-0.2, 0) is 64.9 Å². The molecule has 41 heteroatoms. The number of sulfone groups is 1. The summed E-state index contributed by atoms with van der Waals surface area (Å²) in [4.78, 5) is 20.9. The van der Waals surface area contributed by atoms with Gasteiger partial charge in [-0.25, -0.2) is 50.5 Å². The minimum atomic E-state index is -5.78. The molecule has 29 nitrogen and oxygen atoms in total. The van der Waals surface area contributed by atoms with Crippen molar-refractivity contribution >= 4 is 136 Å². The van der Waals surface area contributed by atoms with E-state index in [0.717, 1.165) is 48.5 Å². The van der Waals surface area contributed by atoms with Gasteiger partial charge in [0.1, 0.15) is 51.9 Å². The number of hydrogen-bond donors (Lipinski definition) is 4. The van der Waals surface area contributed by atoms with Gasteiger partial charge in [-0.05, 0) is 90.0 Å². The van der Waals surface area contributed by atoms with Crippen LogP contribution in [0.2, 0.25) is 5.28 Å². The van der Waals surface area contributed by atoms with Crippen LogP contribution in [0.25, 0.3) is 6.08 Å². The van der Waals surface area contributed by atoms with E-state index in [2.05, 4.69) is 45.1 Å². The van der Waals surface area contributed by atoms with Crippen LogP contribution in [0.15, 0.2) is 113 Å². The molecule has 0 unspecified atom stereocenters. The number of hydrazone groups is 1. The maximum absolute atomic E-state index is 14.0. The second-order valence-corrected chi connectivity index (χ2v) is 22.2. The van der Waals surface area contributed by atoms with Gasteiger partial charge < -0.3 is 39.1 Å². The first-order valence-corrected chi connectivity index (χ1v) is 26.7. The number of nitrogens with two attached hydrogens (primary N) is 1. The molecule has 0 radical (unpaired) electrons. The van der Waals surface area contributed by atoms with E-state index in [1.165, 1.54) is 12.1 Å². The maximum Gasteiger partial charge on any atom is 1.00 e. The Kier molecular flexibility index (Phi) is 26.3. The fraction of sp³-hybridized carbons (Fsp3) is 0.0606. The molecule has 0 fully saturated rings. The van der Waals surface area contributed by atoms with E-state index in [1.54, 1.807) is 0 Å². The van der Waals surface area contributed by atoms with Crippen LogP contribution in [0.1, 0.15) is 15.9 Å². The third-order valence-electron chi connectivity index (χ3n) is 8.66. The number of aromatic nitrogens is 3. The zero-order valence-corrected chi connectivity index (χ0v) is 53.9. The molecule has 0 aliphatic heterocycles. The number of rotatable bonds is 17. The van der Waals surface area contributed by atoms with Gasteiger partial charge in [-0.1, -0.05) is 6.07 Å². The number of allylic oxidation sites excluding steroid dienone is 1. The van der Waals surface area contributed by atoms with Gasteiger partial charge in [0.2, 0.25) is 33.4 Å². The van der Waals surface area contributed by atoms with Gasteiger partial charge in [0.15, 0.2) is 9.84 Å². The summed E-state index contributed by atoms with van der Waals surface area (Å²) in [5.41, 5.74) is 2.05. The number of hydrogen-bond acceptors (Lipinski definition) is 29. The molecule has 1 aromatic heterocycles. The molecule has 5 N–H and O–H groups in total. The Morgan fingerprint density at radius 1 is 0.635 bits per heavy atom. The summed E-state index contributed by atoms with van der Waals surface area (Å²) in [6, 6.07) is 11.3. The topological polar surface area (TPSA) is 484 Å². The van der Waals surface area contributed by atoms with Crippen LogP contribution in [0, 0.1) is 0 Å². The average molecular weight is 1210 g/mol. The van der Waals surface area contributed by atoms with Gasteiger partial charge in [-0.2, -0.15) is 25.2 Å². The van der Waals surface area contributed by atoms with Gasteiger partial charge in [0.05, 0.1) is 59.5 Å². The number of azo groups is 1. The Bertz CT molecular complexity index is 3790. The summed E-state index contributed by atoms with van der Waals surface area (Å²) in [5, 5.41) is 15.6. The number of carbonyl (C=O) groups excluding carboxylic acids is 1. The van der Waals surface area contributed by atoms with Crippen molar-refractivity contribution in [1.29, 1.82) is 0 Å². The van der Waals surface area contributed by atoms with Crippen LogP contribution in [-0.4, -0.2) is 112 Å². The number of ketones is 1. The number of nitrogen functional groups attached to an aromatic ring is 1. The largest absolute Gasteiger partial charge is 1.00 e. The Morgan fingerprint density at radius 3 is 1.73 bits per heavy atom. The predicted octanol–water partition coefficient (Wildman–Crippen LogP) is -13.5. The van der Waals surface area contributed by atoms with Crippen LogP contribution in [0.3, 0.4) is 0 Å². The smallest absolute Gasteiger partial charge is 0.744 e. The van der Waals surface area contributed by atoms with Crippen molar-refractivity contribution in [2.75, 3.05) is 34.2 Å². The number of nitrogens with one attached hydrogen (secondary N) is 3. The molecule has 1 aliphatic carbocycles. The van der Waals surface area contributed by atoms with Crippen molar-refractivity contribution in [3.8, 4) is 0 Å². The molecule has 0 amide bonds. The average Bonchev–Trinajstić information content (AvgIpc) is 3.20. The number of halogens is 1.